The Kier molecular flexibility index (Phi) is 7.82. The highest BCUT2D eigenvalue weighted by atomic mass is 19.3. The van der Waals surface area contributed by atoms with Crippen LogP contribution in [0.25, 0.3) is 0 Å². The average molecular weight is 224 g/mol. The van der Waals surface area contributed by atoms with E-state index in [4.69, 9.17) is 4.74 Å². The fraction of sp³-hybridized carbons (Fsp3) is 1.00. The van der Waals surface area contributed by atoms with Crippen LogP contribution in [0.1, 0.15) is 13.8 Å². The van der Waals surface area contributed by atoms with E-state index in [-0.39, 0.29) is 12.6 Å². The van der Waals surface area contributed by atoms with E-state index < -0.39 is 6.43 Å². The van der Waals surface area contributed by atoms with Gasteiger partial charge < -0.3 is 10.1 Å². The Morgan fingerprint density at radius 1 is 1.33 bits per heavy atom. The molecule has 0 aromatic heterocycles. The van der Waals surface area contributed by atoms with Gasteiger partial charge in [0.05, 0.1) is 13.2 Å². The molecular weight excluding hydrogens is 202 g/mol. The van der Waals surface area contributed by atoms with Crippen molar-refractivity contribution in [3.8, 4) is 0 Å². The highest BCUT2D eigenvalue weighted by Crippen LogP contribution is 2.02. The van der Waals surface area contributed by atoms with Gasteiger partial charge >= 0.3 is 0 Å². The Labute approximate surface area is 90.8 Å². The van der Waals surface area contributed by atoms with Gasteiger partial charge in [0, 0.05) is 25.7 Å². The van der Waals surface area contributed by atoms with Gasteiger partial charge in [-0.2, -0.15) is 0 Å². The normalized spacial score (nSPS) is 14.2. The minimum atomic E-state index is -2.30. The zero-order valence-corrected chi connectivity index (χ0v) is 9.96. The van der Waals surface area contributed by atoms with Crippen LogP contribution in [0.3, 0.4) is 0 Å². The summed E-state index contributed by atoms with van der Waals surface area (Å²) in [5.41, 5.74) is 0. The second-order valence-electron chi connectivity index (χ2n) is 4.00. The molecule has 0 saturated carbocycles. The molecule has 0 amide bonds. The van der Waals surface area contributed by atoms with Crippen molar-refractivity contribution in [3.05, 3.63) is 0 Å². The first-order chi connectivity index (χ1) is 6.97. The average Bonchev–Trinajstić information content (AvgIpc) is 2.10. The summed E-state index contributed by atoms with van der Waals surface area (Å²) < 4.78 is 29.4. The molecule has 3 nitrogen and oxygen atoms in total. The van der Waals surface area contributed by atoms with E-state index in [0.29, 0.717) is 19.2 Å². The number of rotatable bonds is 8. The fourth-order valence-corrected chi connectivity index (χ4v) is 1.27. The van der Waals surface area contributed by atoms with Crippen LogP contribution in [-0.4, -0.2) is 57.3 Å². The van der Waals surface area contributed by atoms with Gasteiger partial charge in [-0.05, 0) is 7.05 Å². The Morgan fingerprint density at radius 3 is 2.33 bits per heavy atom. The summed E-state index contributed by atoms with van der Waals surface area (Å²) in [5.74, 6) is 0. The number of hydrogen-bond acceptors (Lipinski definition) is 3. The first kappa shape index (κ1) is 14.7. The van der Waals surface area contributed by atoms with Gasteiger partial charge in [-0.15, -0.1) is 0 Å². The molecule has 0 aliphatic heterocycles. The highest BCUT2D eigenvalue weighted by molar-refractivity contribution is 4.72. The third-order valence-electron chi connectivity index (χ3n) is 2.17. The maximum Gasteiger partial charge on any atom is 0.251 e. The first-order valence-electron chi connectivity index (χ1n) is 5.18. The van der Waals surface area contributed by atoms with Gasteiger partial charge in [0.25, 0.3) is 6.43 Å². The summed E-state index contributed by atoms with van der Waals surface area (Å²) in [6.45, 7) is 4.96. The second kappa shape index (κ2) is 7.96. The van der Waals surface area contributed by atoms with E-state index >= 15 is 0 Å². The van der Waals surface area contributed by atoms with Crippen molar-refractivity contribution >= 4 is 0 Å². The van der Waals surface area contributed by atoms with Gasteiger partial charge in [-0.1, -0.05) is 13.8 Å². The van der Waals surface area contributed by atoms with Crippen molar-refractivity contribution < 1.29 is 13.5 Å². The number of likely N-dealkylation sites (N-methyl/N-ethyl adjacent to an activating group) is 1. The predicted octanol–water partition coefficient (Wildman–Crippen LogP) is 1.20. The van der Waals surface area contributed by atoms with Gasteiger partial charge in [0.1, 0.15) is 0 Å². The summed E-state index contributed by atoms with van der Waals surface area (Å²) in [7, 11) is 3.27. The summed E-state index contributed by atoms with van der Waals surface area (Å²) in [4.78, 5) is 1.63. The number of nitrogens with one attached hydrogen (secondary N) is 1. The molecule has 1 unspecified atom stereocenters. The van der Waals surface area contributed by atoms with Crippen LogP contribution in [0.2, 0.25) is 0 Å². The molecule has 5 heteroatoms. The lowest BCUT2D eigenvalue weighted by Crippen LogP contribution is -2.46. The lowest BCUT2D eigenvalue weighted by molar-refractivity contribution is 0.0497. The summed E-state index contributed by atoms with van der Waals surface area (Å²) in [5, 5.41) is 3.22. The lowest BCUT2D eigenvalue weighted by Gasteiger charge is -2.28. The van der Waals surface area contributed by atoms with Gasteiger partial charge in [-0.3, -0.25) is 4.90 Å². The predicted molar refractivity (Wildman–Crippen MR) is 57.4 cm³/mol. The van der Waals surface area contributed by atoms with Crippen molar-refractivity contribution in [3.63, 3.8) is 0 Å². The molecule has 0 aromatic carbocycles. The molecule has 15 heavy (non-hydrogen) atoms. The minimum Gasteiger partial charge on any atom is -0.383 e. The molecule has 0 aromatic rings. The number of alkyl halides is 2. The highest BCUT2D eigenvalue weighted by Gasteiger charge is 2.18. The van der Waals surface area contributed by atoms with Crippen LogP contribution in [0.15, 0.2) is 0 Å². The molecule has 0 saturated heterocycles. The fourth-order valence-electron chi connectivity index (χ4n) is 1.27. The zero-order valence-electron chi connectivity index (χ0n) is 9.96. The van der Waals surface area contributed by atoms with Crippen molar-refractivity contribution in [1.29, 1.82) is 0 Å². The third-order valence-corrected chi connectivity index (χ3v) is 2.17. The van der Waals surface area contributed by atoms with Gasteiger partial charge in [0.2, 0.25) is 0 Å². The maximum atomic E-state index is 12.2. The van der Waals surface area contributed by atoms with E-state index in [2.05, 4.69) is 5.32 Å². The zero-order chi connectivity index (χ0) is 11.8. The number of halogens is 2. The quantitative estimate of drug-likeness (QED) is 0.670. The Balaban J connectivity index is 3.99. The van der Waals surface area contributed by atoms with E-state index in [9.17, 15) is 8.78 Å². The largest absolute Gasteiger partial charge is 0.383 e. The van der Waals surface area contributed by atoms with E-state index in [1.807, 2.05) is 13.8 Å². The van der Waals surface area contributed by atoms with Crippen LogP contribution in [0, 0.1) is 0 Å². The van der Waals surface area contributed by atoms with Gasteiger partial charge in [0.15, 0.2) is 0 Å². The number of nitrogens with zero attached hydrogens (tertiary/aromatic N) is 1. The topological polar surface area (TPSA) is 24.5 Å². The molecule has 0 heterocycles. The molecule has 0 aliphatic carbocycles. The standard InChI is InChI=1S/C10H22F2N2O/c1-8(2)13-5-9(7-15-4)14(3)6-10(11)12/h8-10,13H,5-7H2,1-4H3. The van der Waals surface area contributed by atoms with Crippen molar-refractivity contribution in [2.75, 3.05) is 33.9 Å². The lowest BCUT2D eigenvalue weighted by atomic mass is 10.2. The molecule has 0 fully saturated rings. The van der Waals surface area contributed by atoms with Crippen molar-refractivity contribution in [2.45, 2.75) is 32.4 Å². The Hall–Kier alpha value is -0.260. The van der Waals surface area contributed by atoms with Crippen LogP contribution in [0.5, 0.6) is 0 Å². The molecular formula is C10H22F2N2O. The molecule has 0 aliphatic rings. The molecule has 0 rings (SSSR count). The molecule has 0 radical (unpaired) electrons. The summed E-state index contributed by atoms with van der Waals surface area (Å²) >= 11 is 0. The Morgan fingerprint density at radius 2 is 1.93 bits per heavy atom. The molecule has 1 N–H and O–H groups in total. The minimum absolute atomic E-state index is 0.00796. The number of ether oxygens (including phenoxy) is 1. The van der Waals surface area contributed by atoms with Crippen molar-refractivity contribution in [2.24, 2.45) is 0 Å². The van der Waals surface area contributed by atoms with Crippen LogP contribution < -0.4 is 5.32 Å². The molecule has 0 spiro atoms. The first-order valence-corrected chi connectivity index (χ1v) is 5.18. The van der Waals surface area contributed by atoms with Crippen LogP contribution >= 0.6 is 0 Å². The smallest absolute Gasteiger partial charge is 0.251 e. The SMILES string of the molecule is COCC(CNC(C)C)N(C)CC(F)F. The number of methoxy groups -OCH3 is 1. The van der Waals surface area contributed by atoms with Crippen LogP contribution in [0.4, 0.5) is 8.78 Å². The van der Waals surface area contributed by atoms with Crippen LogP contribution in [-0.2, 0) is 4.74 Å². The van der Waals surface area contributed by atoms with Crippen molar-refractivity contribution in [1.82, 2.24) is 10.2 Å². The molecule has 1 atom stereocenters. The second-order valence-corrected chi connectivity index (χ2v) is 4.00. The number of hydrogen-bond donors (Lipinski definition) is 1. The third kappa shape index (κ3) is 7.64. The van der Waals surface area contributed by atoms with Gasteiger partial charge in [-0.25, -0.2) is 8.78 Å². The summed E-state index contributed by atoms with van der Waals surface area (Å²) in [6, 6.07) is 0.343. The molecule has 0 bridgehead atoms. The maximum absolute atomic E-state index is 12.2. The van der Waals surface area contributed by atoms with E-state index in [0.717, 1.165) is 0 Å². The monoisotopic (exact) mass is 224 g/mol. The van der Waals surface area contributed by atoms with E-state index in [1.165, 1.54) is 0 Å². The van der Waals surface area contributed by atoms with E-state index in [1.54, 1.807) is 19.1 Å². The Bertz CT molecular complexity index is 156. The molecule has 92 valence electrons. The summed E-state index contributed by atoms with van der Waals surface area (Å²) in [6.07, 6.45) is -2.30.